The molecule has 1 aliphatic heterocycles. The van der Waals surface area contributed by atoms with Crippen molar-refractivity contribution in [3.63, 3.8) is 0 Å². The summed E-state index contributed by atoms with van der Waals surface area (Å²) in [5.41, 5.74) is 1.67. The Bertz CT molecular complexity index is 656. The van der Waals surface area contributed by atoms with Crippen LogP contribution in [-0.2, 0) is 19.0 Å². The molecule has 1 unspecified atom stereocenters. The van der Waals surface area contributed by atoms with Crippen LogP contribution < -0.4 is 10.1 Å². The summed E-state index contributed by atoms with van der Waals surface area (Å²) in [6.07, 6.45) is 6.94. The van der Waals surface area contributed by atoms with Crippen LogP contribution in [-0.4, -0.2) is 44.2 Å². The minimum atomic E-state index is -0.346. The van der Waals surface area contributed by atoms with E-state index in [1.807, 2.05) is 30.4 Å². The lowest BCUT2D eigenvalue weighted by Gasteiger charge is -2.21. The third kappa shape index (κ3) is 7.66. The minimum Gasteiger partial charge on any atom is -0.497 e. The number of hydrogen-bond donors (Lipinski definition) is 1. The lowest BCUT2D eigenvalue weighted by molar-refractivity contribution is -0.155. The van der Waals surface area contributed by atoms with E-state index in [9.17, 15) is 4.79 Å². The van der Waals surface area contributed by atoms with Gasteiger partial charge in [-0.25, -0.2) is 0 Å². The number of benzene rings is 1. The topological polar surface area (TPSA) is 66.0 Å². The molecule has 6 nitrogen and oxygen atoms in total. The van der Waals surface area contributed by atoms with Crippen LogP contribution in [0, 0.1) is 0 Å². The van der Waals surface area contributed by atoms with Crippen molar-refractivity contribution in [2.75, 3.05) is 32.2 Å². The predicted molar refractivity (Wildman–Crippen MR) is 109 cm³/mol. The summed E-state index contributed by atoms with van der Waals surface area (Å²) in [5, 5.41) is 3.10. The Hall–Kier alpha value is -1.96. The van der Waals surface area contributed by atoms with Crippen LogP contribution in [0.2, 0.25) is 0 Å². The largest absolute Gasteiger partial charge is 0.497 e. The number of rotatable bonds is 9. The molecule has 1 heterocycles. The Morgan fingerprint density at radius 2 is 2.26 bits per heavy atom. The smallest absolute Gasteiger partial charge is 0.312 e. The zero-order valence-corrected chi connectivity index (χ0v) is 16.7. The summed E-state index contributed by atoms with van der Waals surface area (Å²) in [7, 11) is 1.62. The normalized spacial score (nSPS) is 16.9. The molecule has 1 aromatic carbocycles. The highest BCUT2D eigenvalue weighted by Crippen LogP contribution is 2.24. The van der Waals surface area contributed by atoms with Crippen LogP contribution >= 0.6 is 12.2 Å². The minimum absolute atomic E-state index is 0.0421. The SMILES string of the molecule is CCOC(=O)CC(=S)Nc1ccc(OC)cc1/C=C\COC1CCCCO1. The maximum Gasteiger partial charge on any atom is 0.312 e. The lowest BCUT2D eigenvalue weighted by Crippen LogP contribution is -2.22. The van der Waals surface area contributed by atoms with Crippen LogP contribution in [0.5, 0.6) is 5.75 Å². The van der Waals surface area contributed by atoms with Crippen molar-refractivity contribution >= 4 is 34.9 Å². The number of ether oxygens (including phenoxy) is 4. The second-order valence-electron chi connectivity index (χ2n) is 6.01. The molecule has 0 amide bonds. The molecule has 0 aliphatic carbocycles. The number of carbonyl (C=O) groups excluding carboxylic acids is 1. The predicted octanol–water partition coefficient (Wildman–Crippen LogP) is 3.94. The molecule has 0 radical (unpaired) electrons. The maximum atomic E-state index is 11.6. The monoisotopic (exact) mass is 393 g/mol. The van der Waals surface area contributed by atoms with Gasteiger partial charge in [-0.2, -0.15) is 0 Å². The van der Waals surface area contributed by atoms with Gasteiger partial charge in [-0.15, -0.1) is 0 Å². The lowest BCUT2D eigenvalue weighted by atomic mass is 10.1. The van der Waals surface area contributed by atoms with E-state index in [0.717, 1.165) is 42.9 Å². The summed E-state index contributed by atoms with van der Waals surface area (Å²) in [5.74, 6) is 0.384. The third-order valence-electron chi connectivity index (χ3n) is 3.96. The molecule has 2 rings (SSSR count). The van der Waals surface area contributed by atoms with Crippen LogP contribution in [0.4, 0.5) is 5.69 Å². The molecule has 1 atom stereocenters. The Morgan fingerprint density at radius 3 is 2.96 bits per heavy atom. The Morgan fingerprint density at radius 1 is 1.41 bits per heavy atom. The van der Waals surface area contributed by atoms with Crippen LogP contribution in [0.25, 0.3) is 6.08 Å². The summed E-state index contributed by atoms with van der Waals surface area (Å²) < 4.78 is 21.5. The van der Waals surface area contributed by atoms with E-state index in [1.54, 1.807) is 14.0 Å². The van der Waals surface area contributed by atoms with Crippen molar-refractivity contribution in [3.8, 4) is 5.75 Å². The van der Waals surface area contributed by atoms with E-state index in [1.165, 1.54) is 0 Å². The molecule has 0 saturated carbocycles. The zero-order chi connectivity index (χ0) is 19.5. The van der Waals surface area contributed by atoms with E-state index in [-0.39, 0.29) is 18.7 Å². The number of methoxy groups -OCH3 is 1. The van der Waals surface area contributed by atoms with Crippen molar-refractivity contribution < 1.29 is 23.7 Å². The van der Waals surface area contributed by atoms with E-state index < -0.39 is 0 Å². The molecular formula is C20H27NO5S. The molecule has 148 valence electrons. The first kappa shape index (κ1) is 21.3. The van der Waals surface area contributed by atoms with Crippen molar-refractivity contribution in [3.05, 3.63) is 29.8 Å². The van der Waals surface area contributed by atoms with Crippen molar-refractivity contribution in [1.29, 1.82) is 0 Å². The Balaban J connectivity index is 1.96. The fourth-order valence-electron chi connectivity index (χ4n) is 2.64. The highest BCUT2D eigenvalue weighted by molar-refractivity contribution is 7.80. The van der Waals surface area contributed by atoms with Gasteiger partial charge in [0.2, 0.25) is 0 Å². The molecule has 0 bridgehead atoms. The fourth-order valence-corrected chi connectivity index (χ4v) is 2.87. The van der Waals surface area contributed by atoms with Crippen LogP contribution in [0.1, 0.15) is 38.2 Å². The van der Waals surface area contributed by atoms with Gasteiger partial charge in [-0.1, -0.05) is 24.4 Å². The molecule has 1 N–H and O–H groups in total. The van der Waals surface area contributed by atoms with Gasteiger partial charge in [0.1, 0.15) is 5.75 Å². The summed E-state index contributed by atoms with van der Waals surface area (Å²) >= 11 is 5.26. The fraction of sp³-hybridized carbons (Fsp3) is 0.500. The van der Waals surface area contributed by atoms with E-state index >= 15 is 0 Å². The van der Waals surface area contributed by atoms with Crippen molar-refractivity contribution in [2.45, 2.75) is 38.9 Å². The third-order valence-corrected chi connectivity index (χ3v) is 4.20. The number of hydrogen-bond acceptors (Lipinski definition) is 6. The number of nitrogens with one attached hydrogen (secondary N) is 1. The molecular weight excluding hydrogens is 366 g/mol. The molecule has 1 aliphatic rings. The average molecular weight is 394 g/mol. The Kier molecular flexibility index (Phi) is 9.24. The van der Waals surface area contributed by atoms with Crippen LogP contribution in [0.15, 0.2) is 24.3 Å². The molecule has 7 heteroatoms. The summed E-state index contributed by atoms with van der Waals surface area (Å²) in [6, 6.07) is 5.59. The first-order valence-electron chi connectivity index (χ1n) is 9.15. The number of anilines is 1. The van der Waals surface area contributed by atoms with Gasteiger partial charge < -0.3 is 24.3 Å². The standard InChI is InChI=1S/C20H27NO5S/c1-3-24-19(22)14-18(27)21-17-10-9-16(23-2)13-15(17)7-6-12-26-20-8-4-5-11-25-20/h6-7,9-10,13,20H,3-5,8,11-12,14H2,1-2H3,(H,21,27)/b7-6-. The van der Waals surface area contributed by atoms with E-state index in [4.69, 9.17) is 31.2 Å². The summed E-state index contributed by atoms with van der Waals surface area (Å²) in [4.78, 5) is 12.0. The number of thiocarbonyl (C=S) groups is 1. The van der Waals surface area contributed by atoms with E-state index in [2.05, 4.69) is 5.32 Å². The van der Waals surface area contributed by atoms with E-state index in [0.29, 0.717) is 18.2 Å². The van der Waals surface area contributed by atoms with Gasteiger partial charge in [0, 0.05) is 17.9 Å². The van der Waals surface area contributed by atoms with Gasteiger partial charge >= 0.3 is 5.97 Å². The van der Waals surface area contributed by atoms with Crippen LogP contribution in [0.3, 0.4) is 0 Å². The molecule has 1 saturated heterocycles. The highest BCUT2D eigenvalue weighted by Gasteiger charge is 2.13. The second-order valence-corrected chi connectivity index (χ2v) is 6.51. The number of esters is 1. The zero-order valence-electron chi connectivity index (χ0n) is 15.9. The number of carbonyl (C=O) groups is 1. The van der Waals surface area contributed by atoms with Gasteiger partial charge in [-0.05, 0) is 44.4 Å². The maximum absolute atomic E-state index is 11.6. The highest BCUT2D eigenvalue weighted by atomic mass is 32.1. The Labute approximate surface area is 165 Å². The average Bonchev–Trinajstić information content (AvgIpc) is 2.67. The van der Waals surface area contributed by atoms with Crippen molar-refractivity contribution in [2.24, 2.45) is 0 Å². The molecule has 27 heavy (non-hydrogen) atoms. The molecule has 1 aromatic rings. The van der Waals surface area contributed by atoms with Gasteiger partial charge in [-0.3, -0.25) is 4.79 Å². The molecule has 0 spiro atoms. The van der Waals surface area contributed by atoms with Gasteiger partial charge in [0.25, 0.3) is 0 Å². The first-order valence-corrected chi connectivity index (χ1v) is 9.56. The van der Waals surface area contributed by atoms with Gasteiger partial charge in [0.15, 0.2) is 6.29 Å². The molecule has 1 fully saturated rings. The van der Waals surface area contributed by atoms with Gasteiger partial charge in [0.05, 0.1) is 31.7 Å². The quantitative estimate of drug-likeness (QED) is 0.503. The second kappa shape index (κ2) is 11.7. The van der Waals surface area contributed by atoms with Crippen molar-refractivity contribution in [1.82, 2.24) is 0 Å². The first-order chi connectivity index (χ1) is 13.1. The molecule has 0 aromatic heterocycles. The summed E-state index contributed by atoms with van der Waals surface area (Å²) in [6.45, 7) is 3.31.